The molecule has 0 spiro atoms. The normalized spacial score (nSPS) is 22.7. The van der Waals surface area contributed by atoms with Gasteiger partial charge in [-0.15, -0.1) is 12.4 Å². The molecule has 1 aliphatic heterocycles. The second kappa shape index (κ2) is 9.06. The van der Waals surface area contributed by atoms with Crippen LogP contribution in [0.1, 0.15) is 19.3 Å². The second-order valence-corrected chi connectivity index (χ2v) is 6.41. The summed E-state index contributed by atoms with van der Waals surface area (Å²) in [6.45, 7) is 3.29. The molecule has 0 aromatic carbocycles. The van der Waals surface area contributed by atoms with E-state index >= 15 is 0 Å². The Labute approximate surface area is 126 Å². The van der Waals surface area contributed by atoms with E-state index in [1.807, 2.05) is 18.8 Å². The van der Waals surface area contributed by atoms with Crippen molar-refractivity contribution in [2.45, 2.75) is 25.3 Å². The van der Waals surface area contributed by atoms with Gasteiger partial charge >= 0.3 is 0 Å². The molecule has 1 amide bonds. The van der Waals surface area contributed by atoms with Crippen LogP contribution in [0.2, 0.25) is 0 Å². The van der Waals surface area contributed by atoms with Crippen LogP contribution in [0.25, 0.3) is 0 Å². The maximum atomic E-state index is 12.0. The van der Waals surface area contributed by atoms with Gasteiger partial charge < -0.3 is 15.0 Å². The molecule has 2 fully saturated rings. The summed E-state index contributed by atoms with van der Waals surface area (Å²) in [5.41, 5.74) is 0. The number of thioether (sulfide) groups is 1. The maximum absolute atomic E-state index is 12.0. The molecule has 2 aliphatic rings. The minimum absolute atomic E-state index is 0. The quantitative estimate of drug-likeness (QED) is 0.722. The van der Waals surface area contributed by atoms with Crippen LogP contribution in [0.4, 0.5) is 0 Å². The molecule has 0 bridgehead atoms. The van der Waals surface area contributed by atoms with Gasteiger partial charge in [-0.2, -0.15) is 11.8 Å². The molecule has 1 N–H and O–H groups in total. The van der Waals surface area contributed by atoms with Crippen LogP contribution in [0.5, 0.6) is 0 Å². The Morgan fingerprint density at radius 1 is 1.47 bits per heavy atom. The fourth-order valence-electron chi connectivity index (χ4n) is 1.98. The molecule has 0 aromatic rings. The first-order valence-electron chi connectivity index (χ1n) is 6.88. The van der Waals surface area contributed by atoms with Crippen molar-refractivity contribution < 1.29 is 9.53 Å². The number of hydrogen-bond donors (Lipinski definition) is 1. The number of likely N-dealkylation sites (N-methyl/N-ethyl adjacent to an activating group) is 1. The van der Waals surface area contributed by atoms with E-state index < -0.39 is 0 Å². The highest BCUT2D eigenvalue weighted by atomic mass is 35.5. The number of carbonyl (C=O) groups is 1. The minimum Gasteiger partial charge on any atom is -0.379 e. The maximum Gasteiger partial charge on any atom is 0.223 e. The number of carbonyl (C=O) groups excluding carboxylic acids is 1. The van der Waals surface area contributed by atoms with Crippen LogP contribution >= 0.6 is 24.2 Å². The van der Waals surface area contributed by atoms with E-state index in [9.17, 15) is 4.79 Å². The monoisotopic (exact) mass is 308 g/mol. The lowest BCUT2D eigenvalue weighted by molar-refractivity contribution is -0.131. The third-order valence-electron chi connectivity index (χ3n) is 3.47. The van der Waals surface area contributed by atoms with Crippen LogP contribution in [-0.2, 0) is 9.53 Å². The van der Waals surface area contributed by atoms with Gasteiger partial charge in [0.05, 0.1) is 6.61 Å². The third-order valence-corrected chi connectivity index (χ3v) is 4.60. The molecule has 1 aliphatic carbocycles. The molecule has 112 valence electrons. The molecule has 1 saturated carbocycles. The Balaban J connectivity index is 0.00000180. The molecular formula is C13H25ClN2O2S. The van der Waals surface area contributed by atoms with Crippen molar-refractivity contribution in [1.82, 2.24) is 10.2 Å². The fourth-order valence-corrected chi connectivity index (χ4v) is 2.93. The highest BCUT2D eigenvalue weighted by Crippen LogP contribution is 2.28. The predicted octanol–water partition coefficient (Wildman–Crippen LogP) is 1.39. The predicted molar refractivity (Wildman–Crippen MR) is 82.2 cm³/mol. The number of nitrogens with one attached hydrogen (secondary N) is 1. The van der Waals surface area contributed by atoms with E-state index in [4.69, 9.17) is 4.74 Å². The van der Waals surface area contributed by atoms with Gasteiger partial charge in [-0.3, -0.25) is 4.79 Å². The van der Waals surface area contributed by atoms with Crippen LogP contribution in [0.15, 0.2) is 0 Å². The van der Waals surface area contributed by atoms with Crippen molar-refractivity contribution in [3.63, 3.8) is 0 Å². The zero-order chi connectivity index (χ0) is 12.8. The smallest absolute Gasteiger partial charge is 0.223 e. The minimum atomic E-state index is 0. The average Bonchev–Trinajstić information content (AvgIpc) is 3.19. The average molecular weight is 309 g/mol. The molecule has 6 heteroatoms. The topological polar surface area (TPSA) is 41.6 Å². The number of rotatable bonds is 7. The summed E-state index contributed by atoms with van der Waals surface area (Å²) in [6, 6.07) is 0.353. The lowest BCUT2D eigenvalue weighted by atomic mass is 10.2. The molecule has 19 heavy (non-hydrogen) atoms. The zero-order valence-corrected chi connectivity index (χ0v) is 13.2. The van der Waals surface area contributed by atoms with E-state index in [2.05, 4.69) is 5.32 Å². The van der Waals surface area contributed by atoms with Crippen molar-refractivity contribution in [3.05, 3.63) is 0 Å². The van der Waals surface area contributed by atoms with Crippen molar-refractivity contribution >= 4 is 30.1 Å². The van der Waals surface area contributed by atoms with Gasteiger partial charge in [0.15, 0.2) is 0 Å². The lowest BCUT2D eigenvalue weighted by Crippen LogP contribution is -2.42. The zero-order valence-electron chi connectivity index (χ0n) is 11.6. The SMILES string of the molecule is CN(CCOCC1CC1)C(=O)CC1CSCCN1.Cl. The van der Waals surface area contributed by atoms with Gasteiger partial charge in [0, 0.05) is 50.7 Å². The highest BCUT2D eigenvalue weighted by molar-refractivity contribution is 7.99. The van der Waals surface area contributed by atoms with Gasteiger partial charge in [0.2, 0.25) is 5.91 Å². The first-order chi connectivity index (χ1) is 8.75. The number of ether oxygens (including phenoxy) is 1. The lowest BCUT2D eigenvalue weighted by Gasteiger charge is -2.25. The Morgan fingerprint density at radius 2 is 2.26 bits per heavy atom. The molecule has 1 unspecified atom stereocenters. The first kappa shape index (κ1) is 17.1. The summed E-state index contributed by atoms with van der Waals surface area (Å²) >= 11 is 1.93. The molecule has 4 nitrogen and oxygen atoms in total. The van der Waals surface area contributed by atoms with E-state index in [0.717, 1.165) is 30.6 Å². The third kappa shape index (κ3) is 6.84. The molecule has 0 radical (unpaired) electrons. The molecular weight excluding hydrogens is 284 g/mol. The second-order valence-electron chi connectivity index (χ2n) is 5.26. The first-order valence-corrected chi connectivity index (χ1v) is 8.04. The Morgan fingerprint density at radius 3 is 2.89 bits per heavy atom. The van der Waals surface area contributed by atoms with E-state index in [-0.39, 0.29) is 18.3 Å². The summed E-state index contributed by atoms with van der Waals surface area (Å²) in [7, 11) is 1.87. The molecule has 1 saturated heterocycles. The summed E-state index contributed by atoms with van der Waals surface area (Å²) in [5.74, 6) is 3.24. The molecule has 2 rings (SSSR count). The summed E-state index contributed by atoms with van der Waals surface area (Å²) in [4.78, 5) is 13.8. The summed E-state index contributed by atoms with van der Waals surface area (Å²) in [5, 5.41) is 3.40. The van der Waals surface area contributed by atoms with Crippen molar-refractivity contribution in [1.29, 1.82) is 0 Å². The van der Waals surface area contributed by atoms with Crippen molar-refractivity contribution in [2.24, 2.45) is 5.92 Å². The highest BCUT2D eigenvalue weighted by Gasteiger charge is 2.21. The van der Waals surface area contributed by atoms with E-state index in [0.29, 0.717) is 25.6 Å². The number of amides is 1. The Hall–Kier alpha value is 0.0300. The van der Waals surface area contributed by atoms with Crippen molar-refractivity contribution in [3.8, 4) is 0 Å². The van der Waals surface area contributed by atoms with Gasteiger partial charge in [0.1, 0.15) is 0 Å². The summed E-state index contributed by atoms with van der Waals surface area (Å²) in [6.07, 6.45) is 3.26. The van der Waals surface area contributed by atoms with E-state index in [1.54, 1.807) is 4.90 Å². The number of halogens is 1. The van der Waals surface area contributed by atoms with Crippen LogP contribution in [0.3, 0.4) is 0 Å². The molecule has 1 atom stereocenters. The van der Waals surface area contributed by atoms with Gasteiger partial charge in [-0.25, -0.2) is 0 Å². The van der Waals surface area contributed by atoms with Crippen molar-refractivity contribution in [2.75, 3.05) is 44.9 Å². The van der Waals surface area contributed by atoms with Gasteiger partial charge in [-0.05, 0) is 18.8 Å². The Kier molecular flexibility index (Phi) is 8.14. The largest absolute Gasteiger partial charge is 0.379 e. The molecule has 1 heterocycles. The molecule has 0 aromatic heterocycles. The van der Waals surface area contributed by atoms with Crippen LogP contribution < -0.4 is 5.32 Å². The van der Waals surface area contributed by atoms with Gasteiger partial charge in [-0.1, -0.05) is 0 Å². The van der Waals surface area contributed by atoms with E-state index in [1.165, 1.54) is 12.8 Å². The fraction of sp³-hybridized carbons (Fsp3) is 0.923. The Bertz CT molecular complexity index is 271. The van der Waals surface area contributed by atoms with Gasteiger partial charge in [0.25, 0.3) is 0 Å². The standard InChI is InChI=1S/C13H24N2O2S.ClH/c1-15(5-6-17-9-11-2-3-11)13(16)8-12-10-18-7-4-14-12;/h11-12,14H,2-10H2,1H3;1H. The van der Waals surface area contributed by atoms with Crippen LogP contribution in [0, 0.1) is 5.92 Å². The number of hydrogen-bond acceptors (Lipinski definition) is 4. The number of nitrogens with zero attached hydrogens (tertiary/aromatic N) is 1. The van der Waals surface area contributed by atoms with Crippen LogP contribution in [-0.4, -0.2) is 61.7 Å². The summed E-state index contributed by atoms with van der Waals surface area (Å²) < 4.78 is 5.55.